The quantitative estimate of drug-likeness (QED) is 0.811. The van der Waals surface area contributed by atoms with Gasteiger partial charge < -0.3 is 4.90 Å². The van der Waals surface area contributed by atoms with E-state index < -0.39 is 11.7 Å². The molecule has 21 heavy (non-hydrogen) atoms. The smallest absolute Gasteiger partial charge is 0.354 e. The first kappa shape index (κ1) is 16.0. The fraction of sp³-hybridized carbons (Fsp3) is 0.538. The van der Waals surface area contributed by atoms with Crippen LogP contribution in [0.3, 0.4) is 0 Å². The molecule has 1 aliphatic heterocycles. The molecular formula is C13H14BrF3N4. The first-order valence-electron chi connectivity index (χ1n) is 6.44. The first-order chi connectivity index (χ1) is 9.82. The van der Waals surface area contributed by atoms with E-state index in [4.69, 9.17) is 5.26 Å². The van der Waals surface area contributed by atoms with Crippen molar-refractivity contribution < 1.29 is 13.2 Å². The Morgan fingerprint density at radius 1 is 1.33 bits per heavy atom. The molecule has 1 aromatic heterocycles. The van der Waals surface area contributed by atoms with Crippen LogP contribution in [0.4, 0.5) is 19.0 Å². The highest BCUT2D eigenvalue weighted by Gasteiger charge is 2.37. The summed E-state index contributed by atoms with van der Waals surface area (Å²) in [5.41, 5.74) is -0.737. The van der Waals surface area contributed by atoms with E-state index in [-0.39, 0.29) is 11.9 Å². The van der Waals surface area contributed by atoms with Gasteiger partial charge in [-0.05, 0) is 28.9 Å². The molecule has 1 aliphatic rings. The molecule has 2 rings (SSSR count). The van der Waals surface area contributed by atoms with Crippen LogP contribution in [0.25, 0.3) is 0 Å². The maximum absolute atomic E-state index is 13.1. The van der Waals surface area contributed by atoms with Gasteiger partial charge in [0.15, 0.2) is 0 Å². The Hall–Kier alpha value is -1.33. The van der Waals surface area contributed by atoms with Crippen LogP contribution in [-0.4, -0.2) is 42.1 Å². The van der Waals surface area contributed by atoms with Gasteiger partial charge in [-0.2, -0.15) is 18.4 Å². The van der Waals surface area contributed by atoms with E-state index >= 15 is 0 Å². The molecule has 1 saturated heterocycles. The summed E-state index contributed by atoms with van der Waals surface area (Å²) in [6, 6.07) is 2.96. The molecule has 1 atom stereocenters. The van der Waals surface area contributed by atoms with Gasteiger partial charge in [0.05, 0.1) is 17.7 Å². The molecule has 2 heterocycles. The fourth-order valence-corrected chi connectivity index (χ4v) is 2.63. The molecule has 0 radical (unpaired) electrons. The molecule has 1 aromatic rings. The third-order valence-corrected chi connectivity index (χ3v) is 3.92. The van der Waals surface area contributed by atoms with Gasteiger partial charge in [-0.15, -0.1) is 0 Å². The lowest BCUT2D eigenvalue weighted by molar-refractivity contribution is -0.137. The zero-order valence-corrected chi connectivity index (χ0v) is 12.9. The molecule has 4 nitrogen and oxygen atoms in total. The predicted molar refractivity (Wildman–Crippen MR) is 75.8 cm³/mol. The summed E-state index contributed by atoms with van der Waals surface area (Å²) in [7, 11) is 0. The number of hydrogen-bond donors (Lipinski definition) is 0. The first-order valence-corrected chi connectivity index (χ1v) is 7.23. The van der Waals surface area contributed by atoms with Crippen molar-refractivity contribution in [3.63, 3.8) is 0 Å². The average Bonchev–Trinajstić information content (AvgIpc) is 2.45. The molecule has 0 saturated carbocycles. The standard InChI is InChI=1S/C13H14BrF3N4/c1-9(7-18)20-2-4-21(5-3-20)12-11(13(15,16)17)6-10(14)8-19-12/h6,8-9H,2-5H2,1H3. The normalized spacial score (nSPS) is 18.4. The number of anilines is 1. The van der Waals surface area contributed by atoms with Crippen molar-refractivity contribution in [1.82, 2.24) is 9.88 Å². The monoisotopic (exact) mass is 362 g/mol. The lowest BCUT2D eigenvalue weighted by Gasteiger charge is -2.37. The Kier molecular flexibility index (Phi) is 4.74. The summed E-state index contributed by atoms with van der Waals surface area (Å²) in [5.74, 6) is -0.0463. The minimum absolute atomic E-state index is 0.0463. The Morgan fingerprint density at radius 3 is 2.48 bits per heavy atom. The van der Waals surface area contributed by atoms with Crippen LogP contribution in [0.1, 0.15) is 12.5 Å². The SMILES string of the molecule is CC(C#N)N1CCN(c2ncc(Br)cc2C(F)(F)F)CC1. The van der Waals surface area contributed by atoms with Crippen molar-refractivity contribution in [3.8, 4) is 6.07 Å². The molecule has 1 fully saturated rings. The number of rotatable bonds is 2. The summed E-state index contributed by atoms with van der Waals surface area (Å²) in [6.07, 6.45) is -3.07. The van der Waals surface area contributed by atoms with Crippen LogP contribution >= 0.6 is 15.9 Å². The van der Waals surface area contributed by atoms with Gasteiger partial charge in [0.1, 0.15) is 5.82 Å². The van der Waals surface area contributed by atoms with E-state index in [0.717, 1.165) is 6.07 Å². The zero-order chi connectivity index (χ0) is 15.6. The van der Waals surface area contributed by atoms with E-state index in [1.165, 1.54) is 6.20 Å². The Labute approximate surface area is 129 Å². The summed E-state index contributed by atoms with van der Waals surface area (Å²) in [4.78, 5) is 7.50. The van der Waals surface area contributed by atoms with Crippen LogP contribution in [0.2, 0.25) is 0 Å². The number of piperazine rings is 1. The van der Waals surface area contributed by atoms with Crippen molar-refractivity contribution in [3.05, 3.63) is 22.3 Å². The molecule has 0 amide bonds. The van der Waals surface area contributed by atoms with Gasteiger partial charge in [-0.25, -0.2) is 4.98 Å². The van der Waals surface area contributed by atoms with Crippen LogP contribution < -0.4 is 4.90 Å². The van der Waals surface area contributed by atoms with Gasteiger partial charge in [0.2, 0.25) is 0 Å². The van der Waals surface area contributed by atoms with Gasteiger partial charge in [-0.1, -0.05) is 0 Å². The molecular weight excluding hydrogens is 349 g/mol. The van der Waals surface area contributed by atoms with Gasteiger partial charge in [0, 0.05) is 36.8 Å². The minimum atomic E-state index is -4.44. The molecule has 0 aromatic carbocycles. The third kappa shape index (κ3) is 3.66. The molecule has 0 N–H and O–H groups in total. The Bertz CT molecular complexity index is 547. The number of halogens is 4. The second-order valence-electron chi connectivity index (χ2n) is 4.85. The summed E-state index contributed by atoms with van der Waals surface area (Å²) >= 11 is 3.03. The molecule has 0 bridgehead atoms. The van der Waals surface area contributed by atoms with Gasteiger partial charge >= 0.3 is 6.18 Å². The van der Waals surface area contributed by atoms with Crippen molar-refractivity contribution in [2.24, 2.45) is 0 Å². The predicted octanol–water partition coefficient (Wildman–Crippen LogP) is 2.90. The number of aromatic nitrogens is 1. The number of nitrogens with zero attached hydrogens (tertiary/aromatic N) is 4. The van der Waals surface area contributed by atoms with Crippen LogP contribution in [0.15, 0.2) is 16.7 Å². The topological polar surface area (TPSA) is 43.2 Å². The number of hydrogen-bond acceptors (Lipinski definition) is 4. The lowest BCUT2D eigenvalue weighted by atomic mass is 10.2. The summed E-state index contributed by atoms with van der Waals surface area (Å²) in [5, 5.41) is 8.88. The fourth-order valence-electron chi connectivity index (χ4n) is 2.30. The Balaban J connectivity index is 2.19. The zero-order valence-electron chi connectivity index (χ0n) is 11.4. The summed E-state index contributed by atoms with van der Waals surface area (Å²) < 4.78 is 39.6. The van der Waals surface area contributed by atoms with Gasteiger partial charge in [-0.3, -0.25) is 4.90 Å². The minimum Gasteiger partial charge on any atom is -0.354 e. The van der Waals surface area contributed by atoms with Gasteiger partial charge in [0.25, 0.3) is 0 Å². The Morgan fingerprint density at radius 2 is 1.95 bits per heavy atom. The molecule has 8 heteroatoms. The highest BCUT2D eigenvalue weighted by molar-refractivity contribution is 9.10. The lowest BCUT2D eigenvalue weighted by Crippen LogP contribution is -2.50. The van der Waals surface area contributed by atoms with Crippen molar-refractivity contribution in [2.75, 3.05) is 31.1 Å². The van der Waals surface area contributed by atoms with Crippen LogP contribution in [0.5, 0.6) is 0 Å². The van der Waals surface area contributed by atoms with E-state index in [9.17, 15) is 13.2 Å². The second-order valence-corrected chi connectivity index (χ2v) is 5.77. The van der Waals surface area contributed by atoms with Crippen molar-refractivity contribution in [1.29, 1.82) is 5.26 Å². The van der Waals surface area contributed by atoms with E-state index in [0.29, 0.717) is 30.7 Å². The highest BCUT2D eigenvalue weighted by atomic mass is 79.9. The average molecular weight is 363 g/mol. The maximum Gasteiger partial charge on any atom is 0.419 e. The summed E-state index contributed by atoms with van der Waals surface area (Å²) in [6.45, 7) is 3.72. The molecule has 1 unspecified atom stereocenters. The maximum atomic E-state index is 13.1. The molecule has 0 aliphatic carbocycles. The van der Waals surface area contributed by atoms with Crippen LogP contribution in [-0.2, 0) is 6.18 Å². The van der Waals surface area contributed by atoms with Crippen molar-refractivity contribution in [2.45, 2.75) is 19.1 Å². The van der Waals surface area contributed by atoms with E-state index in [1.54, 1.807) is 11.8 Å². The number of alkyl halides is 3. The molecule has 0 spiro atoms. The molecule has 114 valence electrons. The number of pyridine rings is 1. The van der Waals surface area contributed by atoms with E-state index in [1.807, 2.05) is 4.90 Å². The largest absolute Gasteiger partial charge is 0.419 e. The number of nitriles is 1. The third-order valence-electron chi connectivity index (χ3n) is 3.49. The second kappa shape index (κ2) is 6.20. The van der Waals surface area contributed by atoms with E-state index in [2.05, 4.69) is 27.0 Å². The van der Waals surface area contributed by atoms with Crippen molar-refractivity contribution >= 4 is 21.7 Å². The van der Waals surface area contributed by atoms with Crippen LogP contribution in [0, 0.1) is 11.3 Å². The highest BCUT2D eigenvalue weighted by Crippen LogP contribution is 2.37.